The summed E-state index contributed by atoms with van der Waals surface area (Å²) in [4.78, 5) is 0.306. The molecule has 28 heavy (non-hydrogen) atoms. The molecule has 1 saturated heterocycles. The summed E-state index contributed by atoms with van der Waals surface area (Å²) in [6.45, 7) is 13.0. The minimum atomic E-state index is -3.68. The van der Waals surface area contributed by atoms with Gasteiger partial charge in [-0.25, -0.2) is 8.42 Å². The average molecular weight is 432 g/mol. The lowest BCUT2D eigenvalue weighted by molar-refractivity contribution is 0.256. The second-order valence-electron chi connectivity index (χ2n) is 8.13. The molecule has 2 rings (SSSR count). The Morgan fingerprint density at radius 1 is 0.929 bits per heavy atom. The van der Waals surface area contributed by atoms with Gasteiger partial charge >= 0.3 is 0 Å². The average Bonchev–Trinajstić information content (AvgIpc) is 2.61. The van der Waals surface area contributed by atoms with Gasteiger partial charge in [0.05, 0.1) is 4.90 Å². The van der Waals surface area contributed by atoms with Crippen molar-refractivity contribution in [1.29, 1.82) is 0 Å². The molecule has 0 aromatic heterocycles. The largest absolute Gasteiger partial charge is 0.282 e. The lowest BCUT2D eigenvalue weighted by Crippen LogP contribution is -2.54. The van der Waals surface area contributed by atoms with Crippen molar-refractivity contribution in [2.45, 2.75) is 51.9 Å². The molecule has 1 aromatic rings. The van der Waals surface area contributed by atoms with Crippen molar-refractivity contribution in [1.82, 2.24) is 12.9 Å². The number of nitrogens with zero attached hydrogens (tertiary/aromatic N) is 3. The van der Waals surface area contributed by atoms with Crippen molar-refractivity contribution in [3.8, 4) is 0 Å². The smallest absolute Gasteiger partial charge is 0.207 e. The predicted octanol–water partition coefficient (Wildman–Crippen LogP) is 2.19. The van der Waals surface area contributed by atoms with E-state index < -0.39 is 20.2 Å². The molecule has 0 unspecified atom stereocenters. The molecule has 0 amide bonds. The van der Waals surface area contributed by atoms with E-state index >= 15 is 0 Å². The van der Waals surface area contributed by atoms with Gasteiger partial charge in [-0.05, 0) is 29.5 Å². The molecule has 1 aromatic carbocycles. The van der Waals surface area contributed by atoms with E-state index in [2.05, 4.69) is 0 Å². The molecule has 0 saturated carbocycles. The maximum Gasteiger partial charge on any atom is 0.282 e. The summed E-state index contributed by atoms with van der Waals surface area (Å²) in [5.41, 5.74) is 1.50. The van der Waals surface area contributed by atoms with Gasteiger partial charge in [0.25, 0.3) is 10.2 Å². The fourth-order valence-electron chi connectivity index (χ4n) is 3.34. The first kappa shape index (κ1) is 23.3. The van der Waals surface area contributed by atoms with Crippen molar-refractivity contribution < 1.29 is 16.8 Å². The van der Waals surface area contributed by atoms with Gasteiger partial charge in [0.1, 0.15) is 0 Å². The summed E-state index contributed by atoms with van der Waals surface area (Å²) in [5.74, 6) is 0. The Balaban J connectivity index is 2.25. The Bertz CT molecular complexity index is 894. The van der Waals surface area contributed by atoms with Crippen molar-refractivity contribution >= 4 is 20.2 Å². The molecule has 0 radical (unpaired) electrons. The maximum absolute atomic E-state index is 13.2. The Morgan fingerprint density at radius 2 is 1.43 bits per heavy atom. The molecular formula is C19H33N3O4S2. The second-order valence-corrected chi connectivity index (χ2v) is 12.0. The van der Waals surface area contributed by atoms with Crippen LogP contribution in [0.3, 0.4) is 0 Å². The highest BCUT2D eigenvalue weighted by Crippen LogP contribution is 2.29. The number of aryl methyl sites for hydroxylation is 1. The molecule has 7 nitrogen and oxygen atoms in total. The number of rotatable bonds is 6. The molecular weight excluding hydrogens is 398 g/mol. The zero-order chi connectivity index (χ0) is 21.3. The molecule has 0 atom stereocenters. The highest BCUT2D eigenvalue weighted by molar-refractivity contribution is 7.89. The monoisotopic (exact) mass is 431 g/mol. The number of hydrogen-bond donors (Lipinski definition) is 0. The normalized spacial score (nSPS) is 18.0. The predicted molar refractivity (Wildman–Crippen MR) is 112 cm³/mol. The first-order chi connectivity index (χ1) is 12.9. The van der Waals surface area contributed by atoms with E-state index in [0.717, 1.165) is 5.56 Å². The van der Waals surface area contributed by atoms with E-state index in [1.165, 1.54) is 12.9 Å². The van der Waals surface area contributed by atoms with Gasteiger partial charge in [-0.3, -0.25) is 0 Å². The lowest BCUT2D eigenvalue weighted by atomic mass is 9.87. The van der Waals surface area contributed by atoms with Gasteiger partial charge in [-0.15, -0.1) is 0 Å². The summed E-state index contributed by atoms with van der Waals surface area (Å²) in [6, 6.07) is 5.56. The van der Waals surface area contributed by atoms with Crippen LogP contribution in [0.5, 0.6) is 0 Å². The van der Waals surface area contributed by atoms with Crippen molar-refractivity contribution in [3.05, 3.63) is 29.3 Å². The minimum Gasteiger partial charge on any atom is -0.207 e. The lowest BCUT2D eigenvalue weighted by Gasteiger charge is -2.36. The van der Waals surface area contributed by atoms with E-state index in [4.69, 9.17) is 0 Å². The van der Waals surface area contributed by atoms with Gasteiger partial charge in [0.2, 0.25) is 10.0 Å². The quantitative estimate of drug-likeness (QED) is 0.692. The number of hydrogen-bond acceptors (Lipinski definition) is 4. The molecule has 1 aliphatic rings. The summed E-state index contributed by atoms with van der Waals surface area (Å²) in [6.07, 6.45) is 0. The molecule has 1 heterocycles. The molecule has 1 aliphatic heterocycles. The summed E-state index contributed by atoms with van der Waals surface area (Å²) in [5, 5.41) is 0. The van der Waals surface area contributed by atoms with Gasteiger partial charge in [-0.2, -0.15) is 21.3 Å². The van der Waals surface area contributed by atoms with Crippen LogP contribution in [0.15, 0.2) is 23.1 Å². The van der Waals surface area contributed by atoms with Gasteiger partial charge in [0, 0.05) is 39.3 Å². The molecule has 160 valence electrons. The fourth-order valence-corrected chi connectivity index (χ4v) is 6.61. The van der Waals surface area contributed by atoms with Crippen molar-refractivity contribution in [2.75, 3.05) is 39.3 Å². The van der Waals surface area contributed by atoms with Gasteiger partial charge in [-0.1, -0.05) is 46.8 Å². The molecule has 9 heteroatoms. The minimum absolute atomic E-state index is 0.155. The van der Waals surface area contributed by atoms with Crippen molar-refractivity contribution in [3.63, 3.8) is 0 Å². The van der Waals surface area contributed by atoms with E-state index in [0.29, 0.717) is 23.5 Å². The van der Waals surface area contributed by atoms with Gasteiger partial charge in [0.15, 0.2) is 0 Å². The number of benzene rings is 1. The Hall–Kier alpha value is -1.00. The van der Waals surface area contributed by atoms with Crippen molar-refractivity contribution in [2.24, 2.45) is 0 Å². The van der Waals surface area contributed by atoms with Crippen LogP contribution in [-0.4, -0.2) is 69.0 Å². The SMILES string of the molecule is CCN(CC)S(=O)(=O)N1CCN(S(=O)(=O)c2cc(C(C)(C)C)ccc2C)CC1. The van der Waals surface area contributed by atoms with Crippen LogP contribution < -0.4 is 0 Å². The van der Waals surface area contributed by atoms with Crippen LogP contribution in [0.25, 0.3) is 0 Å². The topological polar surface area (TPSA) is 78.0 Å². The molecule has 0 N–H and O–H groups in total. The summed E-state index contributed by atoms with van der Waals surface area (Å²) < 4.78 is 56.0. The Kier molecular flexibility index (Phi) is 6.98. The molecule has 1 fully saturated rings. The van der Waals surface area contributed by atoms with Crippen LogP contribution in [0.4, 0.5) is 0 Å². The second kappa shape index (κ2) is 8.39. The molecule has 0 aliphatic carbocycles. The maximum atomic E-state index is 13.2. The standard InChI is InChI=1S/C19H33N3O4S2/c1-7-20(8-2)28(25,26)22-13-11-21(12-14-22)27(23,24)18-15-17(19(4,5)6)10-9-16(18)3/h9-10,15H,7-8,11-14H2,1-6H3. The molecule has 0 bridgehead atoms. The van der Waals surface area contributed by atoms with E-state index in [1.807, 2.05) is 32.9 Å². The third-order valence-corrected chi connectivity index (χ3v) is 9.45. The van der Waals surface area contributed by atoms with Crippen LogP contribution in [0, 0.1) is 6.92 Å². The van der Waals surface area contributed by atoms with E-state index in [9.17, 15) is 16.8 Å². The highest BCUT2D eigenvalue weighted by atomic mass is 32.2. The van der Waals surface area contributed by atoms with Crippen LogP contribution in [0.2, 0.25) is 0 Å². The number of piperazine rings is 1. The zero-order valence-electron chi connectivity index (χ0n) is 17.8. The first-order valence-corrected chi connectivity index (χ1v) is 12.6. The first-order valence-electron chi connectivity index (χ1n) is 9.72. The summed E-state index contributed by atoms with van der Waals surface area (Å²) >= 11 is 0. The molecule has 0 spiro atoms. The fraction of sp³-hybridized carbons (Fsp3) is 0.684. The number of sulfonamides is 1. The van der Waals surface area contributed by atoms with E-state index in [-0.39, 0.29) is 31.6 Å². The van der Waals surface area contributed by atoms with E-state index in [1.54, 1.807) is 26.8 Å². The Morgan fingerprint density at radius 3 is 1.89 bits per heavy atom. The highest BCUT2D eigenvalue weighted by Gasteiger charge is 2.35. The third-order valence-electron chi connectivity index (χ3n) is 5.23. The van der Waals surface area contributed by atoms with Crippen LogP contribution in [0.1, 0.15) is 45.7 Å². The van der Waals surface area contributed by atoms with Crippen LogP contribution in [-0.2, 0) is 25.6 Å². The summed E-state index contributed by atoms with van der Waals surface area (Å²) in [7, 11) is -7.22. The Labute approximate surface area is 170 Å². The zero-order valence-corrected chi connectivity index (χ0v) is 19.4. The van der Waals surface area contributed by atoms with Crippen LogP contribution >= 0.6 is 0 Å². The van der Waals surface area contributed by atoms with Gasteiger partial charge < -0.3 is 0 Å². The third kappa shape index (κ3) is 4.59.